The minimum absolute atomic E-state index is 0.855. The van der Waals surface area contributed by atoms with Gasteiger partial charge in [-0.05, 0) is 12.1 Å². The number of fused-ring (bicyclic) bond motifs is 1. The number of pyridine rings is 1. The first-order chi connectivity index (χ1) is 5.92. The Morgan fingerprint density at radius 1 is 1.50 bits per heavy atom. The first-order valence-electron chi connectivity index (χ1n) is 3.91. The average molecular weight is 158 g/mol. The Labute approximate surface area is 71.2 Å². The van der Waals surface area contributed by atoms with Gasteiger partial charge < -0.3 is 4.57 Å². The fourth-order valence-electron chi connectivity index (χ4n) is 1.34. The average Bonchev–Trinajstić information content (AvgIpc) is 2.50. The largest absolute Gasteiger partial charge is 0.344 e. The lowest BCUT2D eigenvalue weighted by Crippen LogP contribution is -1.91. The van der Waals surface area contributed by atoms with Crippen molar-refractivity contribution in [2.75, 3.05) is 0 Å². The Hall–Kier alpha value is -1.57. The van der Waals surface area contributed by atoms with E-state index in [1.807, 2.05) is 30.7 Å². The van der Waals surface area contributed by atoms with E-state index in [0.29, 0.717) is 0 Å². The zero-order valence-electron chi connectivity index (χ0n) is 6.77. The van der Waals surface area contributed by atoms with Crippen LogP contribution in [0.5, 0.6) is 0 Å². The van der Waals surface area contributed by atoms with Crippen molar-refractivity contribution in [3.63, 3.8) is 0 Å². The van der Waals surface area contributed by atoms with Gasteiger partial charge in [-0.2, -0.15) is 0 Å². The van der Waals surface area contributed by atoms with Gasteiger partial charge in [0, 0.05) is 30.5 Å². The second kappa shape index (κ2) is 2.81. The summed E-state index contributed by atoms with van der Waals surface area (Å²) in [5, 5.41) is 1.18. The van der Waals surface area contributed by atoms with Crippen molar-refractivity contribution in [2.45, 2.75) is 6.54 Å². The lowest BCUT2D eigenvalue weighted by molar-refractivity contribution is 0.865. The summed E-state index contributed by atoms with van der Waals surface area (Å²) in [6.07, 6.45) is 7.62. The van der Waals surface area contributed by atoms with Gasteiger partial charge in [0.1, 0.15) is 0 Å². The molecular weight excluding hydrogens is 148 g/mol. The van der Waals surface area contributed by atoms with Crippen molar-refractivity contribution in [3.8, 4) is 0 Å². The van der Waals surface area contributed by atoms with Crippen LogP contribution < -0.4 is 0 Å². The van der Waals surface area contributed by atoms with Crippen molar-refractivity contribution in [1.82, 2.24) is 9.55 Å². The minimum Gasteiger partial charge on any atom is -0.344 e. The van der Waals surface area contributed by atoms with Crippen LogP contribution in [0, 0.1) is 0 Å². The second-order valence-corrected chi connectivity index (χ2v) is 2.69. The highest BCUT2D eigenvalue weighted by Crippen LogP contribution is 2.13. The van der Waals surface area contributed by atoms with E-state index in [9.17, 15) is 0 Å². The monoisotopic (exact) mass is 158 g/mol. The molecule has 0 spiro atoms. The molecule has 0 aliphatic rings. The van der Waals surface area contributed by atoms with Gasteiger partial charge in [-0.1, -0.05) is 6.08 Å². The highest BCUT2D eigenvalue weighted by molar-refractivity contribution is 5.78. The van der Waals surface area contributed by atoms with Crippen LogP contribution in [0.2, 0.25) is 0 Å². The van der Waals surface area contributed by atoms with Crippen LogP contribution in [0.15, 0.2) is 43.4 Å². The van der Waals surface area contributed by atoms with E-state index < -0.39 is 0 Å². The molecule has 2 heteroatoms. The molecule has 0 saturated carbocycles. The van der Waals surface area contributed by atoms with Crippen LogP contribution >= 0.6 is 0 Å². The smallest absolute Gasteiger partial charge is 0.0514 e. The number of hydrogen-bond donors (Lipinski definition) is 0. The molecule has 0 amide bonds. The molecular formula is C10H10N2. The molecule has 0 fully saturated rings. The number of hydrogen-bond acceptors (Lipinski definition) is 1. The van der Waals surface area contributed by atoms with E-state index in [2.05, 4.69) is 22.2 Å². The van der Waals surface area contributed by atoms with E-state index in [1.165, 1.54) is 10.9 Å². The van der Waals surface area contributed by atoms with Gasteiger partial charge in [-0.15, -0.1) is 6.58 Å². The molecule has 2 aromatic heterocycles. The molecule has 0 atom stereocenters. The summed E-state index contributed by atoms with van der Waals surface area (Å²) in [5.41, 5.74) is 1.21. The van der Waals surface area contributed by atoms with Crippen LogP contribution in [-0.2, 0) is 6.54 Å². The summed E-state index contributed by atoms with van der Waals surface area (Å²) >= 11 is 0. The zero-order chi connectivity index (χ0) is 8.39. The maximum Gasteiger partial charge on any atom is 0.0514 e. The Morgan fingerprint density at radius 2 is 2.42 bits per heavy atom. The Morgan fingerprint density at radius 3 is 3.25 bits per heavy atom. The number of rotatable bonds is 2. The molecule has 60 valence electrons. The van der Waals surface area contributed by atoms with E-state index in [0.717, 1.165) is 6.54 Å². The highest BCUT2D eigenvalue weighted by Gasteiger charge is 1.96. The van der Waals surface area contributed by atoms with Crippen molar-refractivity contribution in [2.24, 2.45) is 0 Å². The molecule has 2 nitrogen and oxygen atoms in total. The first-order valence-corrected chi connectivity index (χ1v) is 3.91. The summed E-state index contributed by atoms with van der Waals surface area (Å²) in [5.74, 6) is 0. The van der Waals surface area contributed by atoms with Crippen LogP contribution in [0.1, 0.15) is 0 Å². The quantitative estimate of drug-likeness (QED) is 0.613. The fourth-order valence-corrected chi connectivity index (χ4v) is 1.34. The van der Waals surface area contributed by atoms with Gasteiger partial charge in [-0.25, -0.2) is 0 Å². The summed E-state index contributed by atoms with van der Waals surface area (Å²) in [6.45, 7) is 4.56. The molecule has 0 N–H and O–H groups in total. The van der Waals surface area contributed by atoms with Crippen LogP contribution in [0.3, 0.4) is 0 Å². The van der Waals surface area contributed by atoms with Crippen LogP contribution in [-0.4, -0.2) is 9.55 Å². The predicted octanol–water partition coefficient (Wildman–Crippen LogP) is 2.22. The number of aromatic nitrogens is 2. The van der Waals surface area contributed by atoms with E-state index in [1.54, 1.807) is 0 Å². The minimum atomic E-state index is 0.855. The first kappa shape index (κ1) is 7.10. The Kier molecular flexibility index (Phi) is 1.67. The summed E-state index contributed by atoms with van der Waals surface area (Å²) in [7, 11) is 0. The van der Waals surface area contributed by atoms with Gasteiger partial charge in [-0.3, -0.25) is 4.98 Å². The highest BCUT2D eigenvalue weighted by atomic mass is 14.9. The third-order valence-electron chi connectivity index (χ3n) is 1.90. The molecule has 2 rings (SSSR count). The lowest BCUT2D eigenvalue weighted by Gasteiger charge is -1.98. The lowest BCUT2D eigenvalue weighted by atomic mass is 10.3. The second-order valence-electron chi connectivity index (χ2n) is 2.69. The molecule has 0 bridgehead atoms. The molecule has 12 heavy (non-hydrogen) atoms. The topological polar surface area (TPSA) is 17.8 Å². The zero-order valence-corrected chi connectivity index (χ0v) is 6.77. The van der Waals surface area contributed by atoms with Crippen molar-refractivity contribution >= 4 is 10.9 Å². The maximum absolute atomic E-state index is 4.05. The normalized spacial score (nSPS) is 10.3. The summed E-state index contributed by atoms with van der Waals surface area (Å²) in [4.78, 5) is 4.05. The third-order valence-corrected chi connectivity index (χ3v) is 1.90. The van der Waals surface area contributed by atoms with Gasteiger partial charge in [0.05, 0.1) is 5.52 Å². The molecule has 2 aromatic rings. The van der Waals surface area contributed by atoms with E-state index in [4.69, 9.17) is 0 Å². The maximum atomic E-state index is 4.05. The molecule has 0 unspecified atom stereocenters. The molecule has 0 radical (unpaired) electrons. The summed E-state index contributed by atoms with van der Waals surface area (Å²) < 4.78 is 2.14. The standard InChI is InChI=1S/C10H10N2/c1-2-6-12-7-4-9-8-11-5-3-10(9)12/h2-5,7-8H,1,6H2. The molecule has 0 aliphatic heterocycles. The van der Waals surface area contributed by atoms with Crippen molar-refractivity contribution in [1.29, 1.82) is 0 Å². The number of allylic oxidation sites excluding steroid dienone is 1. The van der Waals surface area contributed by atoms with E-state index >= 15 is 0 Å². The SMILES string of the molecule is C=CCn1ccc2cnccc21. The Bertz CT molecular complexity index is 401. The van der Waals surface area contributed by atoms with Gasteiger partial charge in [0.15, 0.2) is 0 Å². The van der Waals surface area contributed by atoms with Crippen molar-refractivity contribution in [3.05, 3.63) is 43.4 Å². The molecule has 0 aliphatic carbocycles. The molecule has 0 aromatic carbocycles. The fraction of sp³-hybridized carbons (Fsp3) is 0.100. The van der Waals surface area contributed by atoms with Gasteiger partial charge in [0.2, 0.25) is 0 Å². The molecule has 2 heterocycles. The third kappa shape index (κ3) is 1.01. The number of nitrogens with zero attached hydrogens (tertiary/aromatic N) is 2. The van der Waals surface area contributed by atoms with Gasteiger partial charge in [0.25, 0.3) is 0 Å². The van der Waals surface area contributed by atoms with E-state index in [-0.39, 0.29) is 0 Å². The molecule has 0 saturated heterocycles. The van der Waals surface area contributed by atoms with Crippen molar-refractivity contribution < 1.29 is 0 Å². The van der Waals surface area contributed by atoms with Crippen LogP contribution in [0.4, 0.5) is 0 Å². The Balaban J connectivity index is 2.62. The van der Waals surface area contributed by atoms with Gasteiger partial charge >= 0.3 is 0 Å². The summed E-state index contributed by atoms with van der Waals surface area (Å²) in [6, 6.07) is 4.07. The van der Waals surface area contributed by atoms with Crippen LogP contribution in [0.25, 0.3) is 10.9 Å². The predicted molar refractivity (Wildman–Crippen MR) is 49.9 cm³/mol.